The monoisotopic (exact) mass is 282 g/mol. The molecule has 0 amide bonds. The minimum Gasteiger partial charge on any atom is -0.465 e. The molecule has 0 bridgehead atoms. The number of nitro groups is 1. The summed E-state index contributed by atoms with van der Waals surface area (Å²) >= 11 is 1.59. The van der Waals surface area contributed by atoms with Crippen LogP contribution >= 0.6 is 11.8 Å². The van der Waals surface area contributed by atoms with Crippen LogP contribution in [0, 0.1) is 10.1 Å². The van der Waals surface area contributed by atoms with E-state index in [1.807, 2.05) is 0 Å². The molecule has 0 spiro atoms. The normalized spacial score (nSPS) is 22.2. The van der Waals surface area contributed by atoms with Crippen molar-refractivity contribution < 1.29 is 14.5 Å². The molecule has 102 valence electrons. The highest BCUT2D eigenvalue weighted by molar-refractivity contribution is 7.99. The smallest absolute Gasteiger partial charge is 0.324 e. The summed E-state index contributed by atoms with van der Waals surface area (Å²) in [5.74, 6) is 0.389. The van der Waals surface area contributed by atoms with Gasteiger partial charge in [0, 0.05) is 17.9 Å². The van der Waals surface area contributed by atoms with Crippen LogP contribution in [-0.2, 0) is 9.53 Å². The molecule has 6 nitrogen and oxygen atoms in total. The Labute approximate surface area is 114 Å². The average molecular weight is 282 g/mol. The van der Waals surface area contributed by atoms with Crippen molar-refractivity contribution in [2.24, 2.45) is 0 Å². The number of carbonyl (C=O) groups excluding carboxylic acids is 1. The Morgan fingerprint density at radius 3 is 2.79 bits per heavy atom. The molecule has 19 heavy (non-hydrogen) atoms. The van der Waals surface area contributed by atoms with Crippen molar-refractivity contribution in [3.05, 3.63) is 39.9 Å². The quantitative estimate of drug-likeness (QED) is 0.515. The minimum atomic E-state index is -0.430. The number of nitrogens with zero attached hydrogens (tertiary/aromatic N) is 1. The van der Waals surface area contributed by atoms with Crippen LogP contribution in [0.2, 0.25) is 0 Å². The van der Waals surface area contributed by atoms with E-state index in [2.05, 4.69) is 5.32 Å². The maximum atomic E-state index is 11.6. The van der Waals surface area contributed by atoms with Crippen LogP contribution in [0.15, 0.2) is 24.3 Å². The number of benzene rings is 1. The van der Waals surface area contributed by atoms with Gasteiger partial charge in [0.05, 0.1) is 16.9 Å². The maximum absolute atomic E-state index is 11.6. The van der Waals surface area contributed by atoms with E-state index in [1.165, 1.54) is 12.1 Å². The molecule has 1 saturated heterocycles. The number of esters is 1. The van der Waals surface area contributed by atoms with Crippen LogP contribution in [0.4, 0.5) is 5.69 Å². The standard InChI is InChI=1S/C12H14N2O4S/c1-2-18-12(15)10-7-19-11(13-10)8-3-5-9(6-4-8)14(16)17/h3-6,10-11,13H,2,7H2,1H3/t10-,11+/m1/s1. The summed E-state index contributed by atoms with van der Waals surface area (Å²) in [5, 5.41) is 13.7. The number of ether oxygens (including phenoxy) is 1. The van der Waals surface area contributed by atoms with Gasteiger partial charge in [0.2, 0.25) is 0 Å². The highest BCUT2D eigenvalue weighted by atomic mass is 32.2. The summed E-state index contributed by atoms with van der Waals surface area (Å²) < 4.78 is 4.96. The highest BCUT2D eigenvalue weighted by Gasteiger charge is 2.31. The van der Waals surface area contributed by atoms with E-state index in [0.29, 0.717) is 12.4 Å². The molecule has 2 rings (SSSR count). The Hall–Kier alpha value is -1.60. The number of carbonyl (C=O) groups is 1. The third-order valence-electron chi connectivity index (χ3n) is 2.76. The van der Waals surface area contributed by atoms with Crippen molar-refractivity contribution in [3.63, 3.8) is 0 Å². The summed E-state index contributed by atoms with van der Waals surface area (Å²) in [4.78, 5) is 21.7. The lowest BCUT2D eigenvalue weighted by atomic mass is 10.2. The second kappa shape index (κ2) is 6.03. The van der Waals surface area contributed by atoms with E-state index in [0.717, 1.165) is 5.56 Å². The van der Waals surface area contributed by atoms with Crippen molar-refractivity contribution in [2.45, 2.75) is 18.3 Å². The molecule has 1 aliphatic heterocycles. The van der Waals surface area contributed by atoms with Crippen LogP contribution in [0.3, 0.4) is 0 Å². The van der Waals surface area contributed by atoms with E-state index >= 15 is 0 Å². The van der Waals surface area contributed by atoms with Crippen LogP contribution in [0.1, 0.15) is 17.9 Å². The fraction of sp³-hybridized carbons (Fsp3) is 0.417. The Morgan fingerprint density at radius 1 is 1.53 bits per heavy atom. The van der Waals surface area contributed by atoms with Crippen molar-refractivity contribution in [3.8, 4) is 0 Å². The fourth-order valence-electron chi connectivity index (χ4n) is 1.81. The van der Waals surface area contributed by atoms with Gasteiger partial charge in [-0.15, -0.1) is 11.8 Å². The van der Waals surface area contributed by atoms with Gasteiger partial charge >= 0.3 is 5.97 Å². The van der Waals surface area contributed by atoms with Gasteiger partial charge in [0.15, 0.2) is 0 Å². The molecule has 1 aromatic carbocycles. The summed E-state index contributed by atoms with van der Waals surface area (Å²) in [7, 11) is 0. The van der Waals surface area contributed by atoms with Crippen molar-refractivity contribution in [1.82, 2.24) is 5.32 Å². The molecule has 0 aromatic heterocycles. The van der Waals surface area contributed by atoms with E-state index in [1.54, 1.807) is 30.8 Å². The Bertz CT molecular complexity index is 477. The van der Waals surface area contributed by atoms with Crippen molar-refractivity contribution in [2.75, 3.05) is 12.4 Å². The number of nitro benzene ring substituents is 1. The third-order valence-corrected chi connectivity index (χ3v) is 4.03. The molecule has 1 heterocycles. The van der Waals surface area contributed by atoms with Crippen LogP contribution in [0.25, 0.3) is 0 Å². The van der Waals surface area contributed by atoms with Crippen LogP contribution < -0.4 is 5.32 Å². The average Bonchev–Trinajstić information content (AvgIpc) is 2.89. The zero-order chi connectivity index (χ0) is 13.8. The van der Waals surface area contributed by atoms with E-state index in [-0.39, 0.29) is 23.1 Å². The first-order valence-electron chi connectivity index (χ1n) is 5.90. The van der Waals surface area contributed by atoms with Crippen molar-refractivity contribution in [1.29, 1.82) is 0 Å². The largest absolute Gasteiger partial charge is 0.465 e. The van der Waals surface area contributed by atoms with Gasteiger partial charge in [-0.05, 0) is 24.6 Å². The molecule has 2 atom stereocenters. The Kier molecular flexibility index (Phi) is 4.39. The van der Waals surface area contributed by atoms with E-state index < -0.39 is 4.92 Å². The summed E-state index contributed by atoms with van der Waals surface area (Å²) in [5.41, 5.74) is 0.982. The van der Waals surface area contributed by atoms with E-state index in [9.17, 15) is 14.9 Å². The van der Waals surface area contributed by atoms with Gasteiger partial charge < -0.3 is 4.74 Å². The zero-order valence-corrected chi connectivity index (χ0v) is 11.2. The lowest BCUT2D eigenvalue weighted by Gasteiger charge is -2.12. The molecule has 1 aliphatic rings. The number of thioether (sulfide) groups is 1. The Morgan fingerprint density at radius 2 is 2.21 bits per heavy atom. The van der Waals surface area contributed by atoms with Crippen molar-refractivity contribution >= 4 is 23.4 Å². The molecule has 0 saturated carbocycles. The minimum absolute atomic E-state index is 0.0322. The Balaban J connectivity index is 2.00. The molecule has 0 aliphatic carbocycles. The van der Waals surface area contributed by atoms with Gasteiger partial charge in [0.1, 0.15) is 6.04 Å². The first-order chi connectivity index (χ1) is 9.11. The number of hydrogen-bond donors (Lipinski definition) is 1. The predicted octanol–water partition coefficient (Wildman–Crippen LogP) is 1.86. The van der Waals surface area contributed by atoms with Gasteiger partial charge in [-0.25, -0.2) is 0 Å². The summed E-state index contributed by atoms with van der Waals surface area (Å²) in [6.45, 7) is 2.14. The third kappa shape index (κ3) is 3.24. The highest BCUT2D eigenvalue weighted by Crippen LogP contribution is 2.33. The zero-order valence-electron chi connectivity index (χ0n) is 10.4. The van der Waals surface area contributed by atoms with E-state index in [4.69, 9.17) is 4.74 Å². The summed E-state index contributed by atoms with van der Waals surface area (Å²) in [6, 6.07) is 6.03. The first kappa shape index (κ1) is 13.8. The van der Waals surface area contributed by atoms with Gasteiger partial charge in [-0.1, -0.05) is 0 Å². The van der Waals surface area contributed by atoms with Gasteiger partial charge in [-0.2, -0.15) is 0 Å². The molecular weight excluding hydrogens is 268 g/mol. The second-order valence-electron chi connectivity index (χ2n) is 4.03. The van der Waals surface area contributed by atoms with Gasteiger partial charge in [-0.3, -0.25) is 20.2 Å². The first-order valence-corrected chi connectivity index (χ1v) is 6.95. The van der Waals surface area contributed by atoms with Crippen LogP contribution in [-0.4, -0.2) is 29.3 Å². The predicted molar refractivity (Wildman–Crippen MR) is 71.9 cm³/mol. The lowest BCUT2D eigenvalue weighted by Crippen LogP contribution is -2.35. The summed E-state index contributed by atoms with van der Waals surface area (Å²) in [6.07, 6.45) is 0. The SMILES string of the molecule is CCOC(=O)[C@H]1CS[C@@H](c2ccc([N+](=O)[O-])cc2)N1. The molecule has 7 heteroatoms. The molecule has 1 N–H and O–H groups in total. The molecular formula is C12H14N2O4S. The molecule has 0 unspecified atom stereocenters. The number of nitrogens with one attached hydrogen (secondary N) is 1. The maximum Gasteiger partial charge on any atom is 0.324 e. The number of non-ortho nitro benzene ring substituents is 1. The van der Waals surface area contributed by atoms with Crippen LogP contribution in [0.5, 0.6) is 0 Å². The molecule has 0 radical (unpaired) electrons. The number of hydrogen-bond acceptors (Lipinski definition) is 6. The molecule has 1 fully saturated rings. The molecule has 1 aromatic rings. The van der Waals surface area contributed by atoms with Gasteiger partial charge in [0.25, 0.3) is 5.69 Å². The second-order valence-corrected chi connectivity index (χ2v) is 5.17. The number of rotatable bonds is 4. The topological polar surface area (TPSA) is 81.5 Å². The fourth-order valence-corrected chi connectivity index (χ4v) is 3.04. The lowest BCUT2D eigenvalue weighted by molar-refractivity contribution is -0.384.